The van der Waals surface area contributed by atoms with Crippen molar-refractivity contribution < 1.29 is 14.6 Å². The fraction of sp³-hybridized carbons (Fsp3) is 0.143. The van der Waals surface area contributed by atoms with Gasteiger partial charge in [0.25, 0.3) is 0 Å². The second kappa shape index (κ2) is 9.02. The second-order valence-corrected chi connectivity index (χ2v) is 7.26. The summed E-state index contributed by atoms with van der Waals surface area (Å²) in [6.45, 7) is 0.306. The molecule has 0 bridgehead atoms. The Morgan fingerprint density at radius 2 is 1.96 bits per heavy atom. The summed E-state index contributed by atoms with van der Waals surface area (Å²) < 4.78 is 6.59. The van der Waals surface area contributed by atoms with Crippen molar-refractivity contribution >= 4 is 56.6 Å². The van der Waals surface area contributed by atoms with Crippen molar-refractivity contribution in [3.8, 4) is 5.75 Å². The maximum atomic E-state index is 10.6. The number of carboxylic acids is 1. The SMILES string of the molecule is O=C(O)CCCOc1cc(/C=C/c2ccc3ccc(Br)cc3n2)ccc1Cl. The van der Waals surface area contributed by atoms with E-state index in [-0.39, 0.29) is 6.42 Å². The number of pyridine rings is 1. The zero-order valence-electron chi connectivity index (χ0n) is 14.4. The Bertz CT molecular complexity index is 1000. The number of halogens is 2. The molecule has 0 amide bonds. The van der Waals surface area contributed by atoms with Crippen molar-refractivity contribution in [3.05, 3.63) is 69.3 Å². The molecule has 3 aromatic rings. The number of aromatic nitrogens is 1. The molecule has 138 valence electrons. The van der Waals surface area contributed by atoms with Crippen LogP contribution in [0, 0.1) is 0 Å². The first-order chi connectivity index (χ1) is 13.0. The first kappa shape index (κ1) is 19.4. The van der Waals surface area contributed by atoms with Crippen LogP contribution < -0.4 is 4.74 Å². The molecule has 0 spiro atoms. The number of fused-ring (bicyclic) bond motifs is 1. The molecule has 1 heterocycles. The fourth-order valence-corrected chi connectivity index (χ4v) is 3.04. The van der Waals surface area contributed by atoms with Crippen LogP contribution in [0.3, 0.4) is 0 Å². The summed E-state index contributed by atoms with van der Waals surface area (Å²) in [5.41, 5.74) is 2.69. The third kappa shape index (κ3) is 5.55. The van der Waals surface area contributed by atoms with Gasteiger partial charge in [0.15, 0.2) is 0 Å². The van der Waals surface area contributed by atoms with Gasteiger partial charge in [0.2, 0.25) is 0 Å². The van der Waals surface area contributed by atoms with E-state index < -0.39 is 5.97 Å². The average molecular weight is 447 g/mol. The van der Waals surface area contributed by atoms with Crippen LogP contribution in [0.25, 0.3) is 23.1 Å². The molecule has 1 N–H and O–H groups in total. The lowest BCUT2D eigenvalue weighted by Crippen LogP contribution is -2.02. The molecule has 1 aromatic heterocycles. The van der Waals surface area contributed by atoms with Gasteiger partial charge in [-0.3, -0.25) is 4.79 Å². The predicted octanol–water partition coefficient (Wildman–Crippen LogP) is 6.06. The summed E-state index contributed by atoms with van der Waals surface area (Å²) in [5.74, 6) is -0.295. The number of aliphatic carboxylic acids is 1. The van der Waals surface area contributed by atoms with Gasteiger partial charge in [0.1, 0.15) is 5.75 Å². The van der Waals surface area contributed by atoms with Crippen molar-refractivity contribution in [2.45, 2.75) is 12.8 Å². The minimum Gasteiger partial charge on any atom is -0.492 e. The minimum absolute atomic E-state index is 0.0704. The monoisotopic (exact) mass is 445 g/mol. The van der Waals surface area contributed by atoms with Crippen LogP contribution in [0.4, 0.5) is 0 Å². The van der Waals surface area contributed by atoms with Crippen LogP contribution >= 0.6 is 27.5 Å². The smallest absolute Gasteiger partial charge is 0.303 e. The average Bonchev–Trinajstić information content (AvgIpc) is 2.64. The van der Waals surface area contributed by atoms with Crippen molar-refractivity contribution in [1.82, 2.24) is 4.98 Å². The number of nitrogens with zero attached hydrogens (tertiary/aromatic N) is 1. The Balaban J connectivity index is 1.73. The highest BCUT2D eigenvalue weighted by atomic mass is 79.9. The molecule has 6 heteroatoms. The Labute approximate surface area is 170 Å². The molecule has 0 saturated carbocycles. The third-order valence-corrected chi connectivity index (χ3v) is 4.68. The van der Waals surface area contributed by atoms with Gasteiger partial charge in [-0.1, -0.05) is 51.8 Å². The lowest BCUT2D eigenvalue weighted by Gasteiger charge is -2.08. The first-order valence-electron chi connectivity index (χ1n) is 8.40. The van der Waals surface area contributed by atoms with Crippen molar-refractivity contribution in [2.24, 2.45) is 0 Å². The molecule has 0 radical (unpaired) electrons. The van der Waals surface area contributed by atoms with E-state index in [2.05, 4.69) is 20.9 Å². The number of rotatable bonds is 7. The van der Waals surface area contributed by atoms with Gasteiger partial charge in [-0.25, -0.2) is 4.98 Å². The number of ether oxygens (including phenoxy) is 1. The predicted molar refractivity (Wildman–Crippen MR) is 112 cm³/mol. The van der Waals surface area contributed by atoms with Crippen molar-refractivity contribution in [1.29, 1.82) is 0 Å². The summed E-state index contributed by atoms with van der Waals surface area (Å²) in [5, 5.41) is 10.2. The Morgan fingerprint density at radius 1 is 1.15 bits per heavy atom. The highest BCUT2D eigenvalue weighted by molar-refractivity contribution is 9.10. The zero-order valence-corrected chi connectivity index (χ0v) is 16.7. The molecule has 0 saturated heterocycles. The van der Waals surface area contributed by atoms with Gasteiger partial charge < -0.3 is 9.84 Å². The van der Waals surface area contributed by atoms with E-state index in [9.17, 15) is 4.79 Å². The Hall–Kier alpha value is -2.37. The lowest BCUT2D eigenvalue weighted by atomic mass is 10.1. The number of carboxylic acid groups (broad SMARTS) is 1. The van der Waals surface area contributed by atoms with Gasteiger partial charge in [0, 0.05) is 16.3 Å². The summed E-state index contributed by atoms with van der Waals surface area (Å²) in [7, 11) is 0. The van der Waals surface area contributed by atoms with E-state index in [0.29, 0.717) is 23.8 Å². The summed E-state index contributed by atoms with van der Waals surface area (Å²) in [6, 6.07) is 15.5. The lowest BCUT2D eigenvalue weighted by molar-refractivity contribution is -0.137. The van der Waals surface area contributed by atoms with E-state index in [4.69, 9.17) is 21.4 Å². The van der Waals surface area contributed by atoms with Crippen LogP contribution in [0.1, 0.15) is 24.1 Å². The van der Waals surface area contributed by atoms with Crippen LogP contribution in [0.15, 0.2) is 53.0 Å². The van der Waals surface area contributed by atoms with Gasteiger partial charge in [-0.2, -0.15) is 0 Å². The molecule has 27 heavy (non-hydrogen) atoms. The van der Waals surface area contributed by atoms with E-state index in [1.165, 1.54) is 0 Å². The van der Waals surface area contributed by atoms with Crippen molar-refractivity contribution in [2.75, 3.05) is 6.61 Å². The van der Waals surface area contributed by atoms with Gasteiger partial charge >= 0.3 is 5.97 Å². The molecular formula is C21H17BrClNO3. The zero-order chi connectivity index (χ0) is 19.2. The van der Waals surface area contributed by atoms with Crippen LogP contribution in [0.2, 0.25) is 5.02 Å². The normalized spacial score (nSPS) is 11.2. The first-order valence-corrected chi connectivity index (χ1v) is 9.57. The molecule has 0 aliphatic heterocycles. The quantitative estimate of drug-likeness (QED) is 0.448. The van der Waals surface area contributed by atoms with Crippen LogP contribution in [-0.4, -0.2) is 22.7 Å². The molecule has 0 aliphatic carbocycles. The second-order valence-electron chi connectivity index (χ2n) is 5.94. The minimum atomic E-state index is -0.837. The summed E-state index contributed by atoms with van der Waals surface area (Å²) >= 11 is 9.62. The maximum absolute atomic E-state index is 10.6. The van der Waals surface area contributed by atoms with Crippen LogP contribution in [-0.2, 0) is 4.79 Å². The number of hydrogen-bond acceptors (Lipinski definition) is 3. The number of carbonyl (C=O) groups is 1. The maximum Gasteiger partial charge on any atom is 0.303 e. The fourth-order valence-electron chi connectivity index (χ4n) is 2.52. The van der Waals surface area contributed by atoms with Gasteiger partial charge in [0.05, 0.1) is 22.8 Å². The topological polar surface area (TPSA) is 59.4 Å². The number of hydrogen-bond donors (Lipinski definition) is 1. The largest absolute Gasteiger partial charge is 0.492 e. The van der Waals surface area contributed by atoms with E-state index in [0.717, 1.165) is 26.6 Å². The molecule has 0 fully saturated rings. The standard InChI is InChI=1S/C21H17BrClNO3/c22-16-7-5-15-6-9-17(24-19(15)13-16)8-3-14-4-10-18(23)20(12-14)27-11-1-2-21(25)26/h3-10,12-13H,1-2,11H2,(H,25,26)/b8-3+. The molecule has 0 atom stereocenters. The van der Waals surface area contributed by atoms with E-state index in [1.54, 1.807) is 6.07 Å². The highest BCUT2D eigenvalue weighted by Gasteiger charge is 2.04. The molecule has 0 aliphatic rings. The highest BCUT2D eigenvalue weighted by Crippen LogP contribution is 2.27. The molecule has 4 nitrogen and oxygen atoms in total. The van der Waals surface area contributed by atoms with Gasteiger partial charge in [-0.15, -0.1) is 0 Å². The van der Waals surface area contributed by atoms with E-state index >= 15 is 0 Å². The molecule has 2 aromatic carbocycles. The van der Waals surface area contributed by atoms with Crippen LogP contribution in [0.5, 0.6) is 5.75 Å². The Morgan fingerprint density at radius 3 is 2.78 bits per heavy atom. The molecular weight excluding hydrogens is 430 g/mol. The summed E-state index contributed by atoms with van der Waals surface area (Å²) in [4.78, 5) is 15.2. The Kier molecular flexibility index (Phi) is 6.48. The molecule has 3 rings (SSSR count). The van der Waals surface area contributed by atoms with Crippen molar-refractivity contribution in [3.63, 3.8) is 0 Å². The van der Waals surface area contributed by atoms with E-state index in [1.807, 2.05) is 54.6 Å². The van der Waals surface area contributed by atoms with Gasteiger partial charge in [-0.05, 0) is 48.4 Å². The molecule has 0 unspecified atom stereocenters. The number of benzene rings is 2. The third-order valence-electron chi connectivity index (χ3n) is 3.87. The summed E-state index contributed by atoms with van der Waals surface area (Å²) in [6.07, 6.45) is 4.37.